The lowest BCUT2D eigenvalue weighted by Gasteiger charge is -2.01. The minimum absolute atomic E-state index is 0.688. The number of hydrogen-bond acceptors (Lipinski definition) is 2. The van der Waals surface area contributed by atoms with Crippen molar-refractivity contribution in [2.45, 2.75) is 12.3 Å². The Balaban J connectivity index is 2.59. The van der Waals surface area contributed by atoms with Crippen molar-refractivity contribution in [3.05, 3.63) is 40.6 Å². The van der Waals surface area contributed by atoms with E-state index >= 15 is 0 Å². The lowest BCUT2D eigenvalue weighted by Crippen LogP contribution is -1.85. The molecule has 15 heavy (non-hydrogen) atoms. The van der Waals surface area contributed by atoms with Crippen LogP contribution in [-0.2, 0) is 5.33 Å². The number of alkyl halides is 1. The predicted octanol–water partition coefficient (Wildman–Crippen LogP) is 4.20. The van der Waals surface area contributed by atoms with Crippen LogP contribution in [0.2, 0.25) is 5.02 Å². The highest BCUT2D eigenvalue weighted by molar-refractivity contribution is 9.08. The number of nitrogens with zero attached hydrogens (tertiary/aromatic N) is 1. The number of aryl methyl sites for hydroxylation is 1. The molecule has 2 rings (SSSR count). The maximum atomic E-state index is 6.10. The van der Waals surface area contributed by atoms with Gasteiger partial charge in [-0.15, -0.1) is 0 Å². The van der Waals surface area contributed by atoms with Gasteiger partial charge in [-0.3, -0.25) is 0 Å². The van der Waals surface area contributed by atoms with Crippen molar-refractivity contribution in [3.8, 4) is 11.3 Å². The Bertz CT molecular complexity index is 481. The Morgan fingerprint density at radius 3 is 2.80 bits per heavy atom. The summed E-state index contributed by atoms with van der Waals surface area (Å²) in [4.78, 5) is 0. The summed E-state index contributed by atoms with van der Waals surface area (Å²) in [6.07, 6.45) is 0. The fraction of sp³-hybridized carbons (Fsp3) is 0.182. The maximum Gasteiger partial charge on any atom is 0.138 e. The van der Waals surface area contributed by atoms with Crippen LogP contribution in [0.3, 0.4) is 0 Å². The Kier molecular flexibility index (Phi) is 3.12. The first-order chi connectivity index (χ1) is 7.24. The number of rotatable bonds is 2. The lowest BCUT2D eigenvalue weighted by atomic mass is 10.1. The van der Waals surface area contributed by atoms with Gasteiger partial charge in [-0.25, -0.2) is 0 Å². The highest BCUT2D eigenvalue weighted by Gasteiger charge is 2.15. The molecule has 0 aliphatic carbocycles. The van der Waals surface area contributed by atoms with Gasteiger partial charge in [-0.2, -0.15) is 0 Å². The van der Waals surface area contributed by atoms with E-state index < -0.39 is 0 Å². The molecule has 0 N–H and O–H groups in total. The molecule has 1 aromatic carbocycles. The van der Waals surface area contributed by atoms with Gasteiger partial charge in [0.25, 0.3) is 0 Å². The van der Waals surface area contributed by atoms with Crippen LogP contribution in [0, 0.1) is 6.92 Å². The Labute approximate surface area is 101 Å². The third kappa shape index (κ3) is 1.94. The largest absolute Gasteiger partial charge is 0.361 e. The fourth-order valence-corrected chi connectivity index (χ4v) is 2.30. The predicted molar refractivity (Wildman–Crippen MR) is 64.3 cm³/mol. The topological polar surface area (TPSA) is 26.0 Å². The molecule has 0 amide bonds. The van der Waals surface area contributed by atoms with Gasteiger partial charge in [0.05, 0.1) is 5.02 Å². The van der Waals surface area contributed by atoms with Gasteiger partial charge in [0, 0.05) is 16.5 Å². The highest BCUT2D eigenvalue weighted by Crippen LogP contribution is 2.31. The van der Waals surface area contributed by atoms with Crippen molar-refractivity contribution in [1.82, 2.24) is 5.16 Å². The van der Waals surface area contributed by atoms with Crippen molar-refractivity contribution in [2.75, 3.05) is 0 Å². The summed E-state index contributed by atoms with van der Waals surface area (Å²) in [5, 5.41) is 5.43. The molecule has 0 bridgehead atoms. The van der Waals surface area contributed by atoms with Gasteiger partial charge in [0.2, 0.25) is 0 Å². The molecule has 0 radical (unpaired) electrons. The molecule has 0 saturated carbocycles. The first-order valence-corrected chi connectivity index (χ1v) is 6.00. The van der Waals surface area contributed by atoms with Crippen LogP contribution in [0.4, 0.5) is 0 Å². The summed E-state index contributed by atoms with van der Waals surface area (Å²) < 4.78 is 5.16. The second kappa shape index (κ2) is 4.37. The van der Waals surface area contributed by atoms with Crippen molar-refractivity contribution >= 4 is 27.5 Å². The first-order valence-electron chi connectivity index (χ1n) is 4.50. The maximum absolute atomic E-state index is 6.10. The Morgan fingerprint density at radius 2 is 2.13 bits per heavy atom. The third-order valence-electron chi connectivity index (χ3n) is 2.25. The summed E-state index contributed by atoms with van der Waals surface area (Å²) in [6, 6.07) is 7.61. The van der Waals surface area contributed by atoms with E-state index in [0.717, 1.165) is 22.6 Å². The van der Waals surface area contributed by atoms with E-state index in [9.17, 15) is 0 Å². The standard InChI is InChI=1S/C11H9BrClNO/c1-7-9(6-12)11(14-15-7)8-4-2-3-5-10(8)13/h2-5H,6H2,1H3. The van der Waals surface area contributed by atoms with E-state index in [4.69, 9.17) is 16.1 Å². The zero-order valence-corrected chi connectivity index (χ0v) is 10.5. The van der Waals surface area contributed by atoms with Crippen LogP contribution < -0.4 is 0 Å². The summed E-state index contributed by atoms with van der Waals surface area (Å²) in [7, 11) is 0. The SMILES string of the molecule is Cc1onc(-c2ccccc2Cl)c1CBr. The van der Waals surface area contributed by atoms with Gasteiger partial charge >= 0.3 is 0 Å². The number of hydrogen-bond donors (Lipinski definition) is 0. The minimum Gasteiger partial charge on any atom is -0.361 e. The summed E-state index contributed by atoms with van der Waals surface area (Å²) in [6.45, 7) is 1.89. The van der Waals surface area contributed by atoms with Crippen molar-refractivity contribution in [1.29, 1.82) is 0 Å². The summed E-state index contributed by atoms with van der Waals surface area (Å²) >= 11 is 9.52. The molecule has 0 aliphatic heterocycles. The summed E-state index contributed by atoms with van der Waals surface area (Å²) in [5.41, 5.74) is 2.77. The van der Waals surface area contributed by atoms with Crippen molar-refractivity contribution in [2.24, 2.45) is 0 Å². The van der Waals surface area contributed by atoms with Crippen molar-refractivity contribution < 1.29 is 4.52 Å². The molecule has 0 fully saturated rings. The summed E-state index contributed by atoms with van der Waals surface area (Å²) in [5.74, 6) is 0.821. The van der Waals surface area contributed by atoms with Crippen LogP contribution in [0.15, 0.2) is 28.8 Å². The zero-order chi connectivity index (χ0) is 10.8. The second-order valence-electron chi connectivity index (χ2n) is 3.18. The van der Waals surface area contributed by atoms with E-state index in [1.54, 1.807) is 0 Å². The molecule has 2 nitrogen and oxygen atoms in total. The van der Waals surface area contributed by atoms with Gasteiger partial charge in [-0.1, -0.05) is 50.9 Å². The first kappa shape index (κ1) is 10.7. The van der Waals surface area contributed by atoms with Crippen LogP contribution in [0.5, 0.6) is 0 Å². The van der Waals surface area contributed by atoms with Gasteiger partial charge in [0.15, 0.2) is 0 Å². The average molecular weight is 287 g/mol. The normalized spacial score (nSPS) is 10.6. The van der Waals surface area contributed by atoms with Crippen LogP contribution in [0.1, 0.15) is 11.3 Å². The molecule has 0 atom stereocenters. The molecule has 1 heterocycles. The van der Waals surface area contributed by atoms with Crippen LogP contribution in [0.25, 0.3) is 11.3 Å². The second-order valence-corrected chi connectivity index (χ2v) is 4.15. The van der Waals surface area contributed by atoms with Crippen LogP contribution >= 0.6 is 27.5 Å². The molecular weight excluding hydrogens is 277 g/mol. The molecule has 4 heteroatoms. The Morgan fingerprint density at radius 1 is 1.40 bits per heavy atom. The molecular formula is C11H9BrClNO. The monoisotopic (exact) mass is 285 g/mol. The van der Waals surface area contributed by atoms with E-state index in [0.29, 0.717) is 10.4 Å². The molecule has 0 aliphatic rings. The lowest BCUT2D eigenvalue weighted by molar-refractivity contribution is 0.398. The van der Waals surface area contributed by atoms with E-state index in [1.165, 1.54) is 0 Å². The molecule has 0 unspecified atom stereocenters. The number of halogens is 2. The van der Waals surface area contributed by atoms with Gasteiger partial charge in [0.1, 0.15) is 11.5 Å². The van der Waals surface area contributed by atoms with Crippen molar-refractivity contribution in [3.63, 3.8) is 0 Å². The highest BCUT2D eigenvalue weighted by atomic mass is 79.9. The quantitative estimate of drug-likeness (QED) is 0.773. The van der Waals surface area contributed by atoms with Gasteiger partial charge in [-0.05, 0) is 13.0 Å². The smallest absolute Gasteiger partial charge is 0.138 e. The third-order valence-corrected chi connectivity index (χ3v) is 3.14. The molecule has 1 aromatic heterocycles. The van der Waals surface area contributed by atoms with E-state index in [2.05, 4.69) is 21.1 Å². The Hall–Kier alpha value is -0.800. The average Bonchev–Trinajstić information content (AvgIpc) is 2.60. The zero-order valence-electron chi connectivity index (χ0n) is 8.13. The van der Waals surface area contributed by atoms with E-state index in [-0.39, 0.29) is 0 Å². The molecule has 2 aromatic rings. The number of benzene rings is 1. The van der Waals surface area contributed by atoms with Crippen LogP contribution in [-0.4, -0.2) is 5.16 Å². The van der Waals surface area contributed by atoms with E-state index in [1.807, 2.05) is 31.2 Å². The molecule has 0 spiro atoms. The number of aromatic nitrogens is 1. The molecule has 78 valence electrons. The van der Waals surface area contributed by atoms with Gasteiger partial charge < -0.3 is 4.52 Å². The fourth-order valence-electron chi connectivity index (χ4n) is 1.41. The molecule has 0 saturated heterocycles. The minimum atomic E-state index is 0.688.